The molecular formula is C13H19ClN2. The van der Waals surface area contributed by atoms with Gasteiger partial charge in [-0.1, -0.05) is 30.7 Å². The SMILES string of the molecule is CCc1cccc(Cl)c1CN1CCC(N)C1. The summed E-state index contributed by atoms with van der Waals surface area (Å²) in [6.07, 6.45) is 2.14. The van der Waals surface area contributed by atoms with E-state index in [-0.39, 0.29) is 0 Å². The highest BCUT2D eigenvalue weighted by atomic mass is 35.5. The molecule has 0 saturated carbocycles. The first kappa shape index (κ1) is 11.9. The summed E-state index contributed by atoms with van der Waals surface area (Å²) in [6.45, 7) is 5.20. The molecule has 1 unspecified atom stereocenters. The minimum atomic E-state index is 0.340. The average Bonchev–Trinajstić information content (AvgIpc) is 2.67. The summed E-state index contributed by atoms with van der Waals surface area (Å²) in [5, 5.41) is 0.889. The van der Waals surface area contributed by atoms with Crippen LogP contribution in [0.5, 0.6) is 0 Å². The van der Waals surface area contributed by atoms with Crippen LogP contribution < -0.4 is 5.73 Å². The molecule has 1 saturated heterocycles. The molecule has 1 aromatic rings. The molecule has 1 atom stereocenters. The molecule has 1 aliphatic rings. The molecular weight excluding hydrogens is 220 g/mol. The van der Waals surface area contributed by atoms with E-state index in [1.54, 1.807) is 0 Å². The fraction of sp³-hybridized carbons (Fsp3) is 0.538. The van der Waals surface area contributed by atoms with Crippen LogP contribution in [0.25, 0.3) is 0 Å². The van der Waals surface area contributed by atoms with E-state index in [0.29, 0.717) is 6.04 Å². The topological polar surface area (TPSA) is 29.3 Å². The summed E-state index contributed by atoms with van der Waals surface area (Å²) in [7, 11) is 0. The van der Waals surface area contributed by atoms with E-state index >= 15 is 0 Å². The van der Waals surface area contributed by atoms with E-state index in [0.717, 1.165) is 37.5 Å². The molecule has 1 aliphatic heterocycles. The van der Waals surface area contributed by atoms with Crippen molar-refractivity contribution in [3.63, 3.8) is 0 Å². The molecule has 0 radical (unpaired) electrons. The molecule has 1 heterocycles. The number of hydrogen-bond donors (Lipinski definition) is 1. The second kappa shape index (κ2) is 5.17. The number of rotatable bonds is 3. The van der Waals surface area contributed by atoms with Crippen molar-refractivity contribution < 1.29 is 0 Å². The van der Waals surface area contributed by atoms with Gasteiger partial charge in [0, 0.05) is 30.7 Å². The van der Waals surface area contributed by atoms with Crippen molar-refractivity contribution in [2.75, 3.05) is 13.1 Å². The Morgan fingerprint density at radius 3 is 2.94 bits per heavy atom. The Bertz CT molecular complexity index is 365. The molecule has 0 aromatic heterocycles. The Kier molecular flexibility index (Phi) is 3.85. The predicted octanol–water partition coefficient (Wildman–Crippen LogP) is 2.44. The molecule has 1 aromatic carbocycles. The van der Waals surface area contributed by atoms with Gasteiger partial charge in [-0.15, -0.1) is 0 Å². The van der Waals surface area contributed by atoms with Crippen molar-refractivity contribution in [3.05, 3.63) is 34.3 Å². The third kappa shape index (κ3) is 2.57. The van der Waals surface area contributed by atoms with Crippen molar-refractivity contribution in [2.24, 2.45) is 5.73 Å². The monoisotopic (exact) mass is 238 g/mol. The standard InChI is InChI=1S/C13H19ClN2/c1-2-10-4-3-5-13(14)12(10)9-16-7-6-11(15)8-16/h3-5,11H,2,6-9,15H2,1H3. The van der Waals surface area contributed by atoms with Crippen LogP contribution in [0.4, 0.5) is 0 Å². The summed E-state index contributed by atoms with van der Waals surface area (Å²) >= 11 is 6.27. The molecule has 1 fully saturated rings. The van der Waals surface area contributed by atoms with Gasteiger partial charge in [0.25, 0.3) is 0 Å². The highest BCUT2D eigenvalue weighted by Crippen LogP contribution is 2.23. The van der Waals surface area contributed by atoms with Gasteiger partial charge in [0.05, 0.1) is 0 Å². The number of nitrogens with two attached hydrogens (primary N) is 1. The summed E-state index contributed by atoms with van der Waals surface area (Å²) < 4.78 is 0. The van der Waals surface area contributed by atoms with Crippen LogP contribution in [0.15, 0.2) is 18.2 Å². The Hall–Kier alpha value is -0.570. The van der Waals surface area contributed by atoms with Crippen LogP contribution in [0.3, 0.4) is 0 Å². The zero-order chi connectivity index (χ0) is 11.5. The molecule has 0 spiro atoms. The third-order valence-corrected chi connectivity index (χ3v) is 3.64. The summed E-state index contributed by atoms with van der Waals surface area (Å²) in [6, 6.07) is 6.51. The molecule has 88 valence electrons. The van der Waals surface area contributed by atoms with Gasteiger partial charge in [-0.3, -0.25) is 4.90 Å². The lowest BCUT2D eigenvalue weighted by Crippen LogP contribution is -2.26. The van der Waals surface area contributed by atoms with Crippen molar-refractivity contribution >= 4 is 11.6 Å². The fourth-order valence-electron chi connectivity index (χ4n) is 2.34. The van der Waals surface area contributed by atoms with Crippen molar-refractivity contribution in [2.45, 2.75) is 32.4 Å². The Labute approximate surface area is 102 Å². The van der Waals surface area contributed by atoms with E-state index in [2.05, 4.69) is 17.9 Å². The fourth-order valence-corrected chi connectivity index (χ4v) is 2.60. The number of nitrogens with zero attached hydrogens (tertiary/aromatic N) is 1. The Morgan fingerprint density at radius 1 is 1.50 bits per heavy atom. The Morgan fingerprint density at radius 2 is 2.31 bits per heavy atom. The van der Waals surface area contributed by atoms with Crippen molar-refractivity contribution in [3.8, 4) is 0 Å². The van der Waals surface area contributed by atoms with E-state index < -0.39 is 0 Å². The normalized spacial score (nSPS) is 21.6. The zero-order valence-corrected chi connectivity index (χ0v) is 10.5. The highest BCUT2D eigenvalue weighted by molar-refractivity contribution is 6.31. The van der Waals surface area contributed by atoms with Crippen molar-refractivity contribution in [1.29, 1.82) is 0 Å². The minimum absolute atomic E-state index is 0.340. The van der Waals surface area contributed by atoms with Crippen LogP contribution in [-0.4, -0.2) is 24.0 Å². The van der Waals surface area contributed by atoms with Gasteiger partial charge in [-0.25, -0.2) is 0 Å². The number of likely N-dealkylation sites (tertiary alicyclic amines) is 1. The first-order valence-corrected chi connectivity index (χ1v) is 6.32. The van der Waals surface area contributed by atoms with Crippen LogP contribution in [0.1, 0.15) is 24.5 Å². The van der Waals surface area contributed by atoms with Crippen LogP contribution >= 0.6 is 11.6 Å². The number of hydrogen-bond acceptors (Lipinski definition) is 2. The summed E-state index contributed by atoms with van der Waals surface area (Å²) in [4.78, 5) is 2.39. The number of halogens is 1. The van der Waals surface area contributed by atoms with E-state index in [1.165, 1.54) is 11.1 Å². The van der Waals surface area contributed by atoms with E-state index in [4.69, 9.17) is 17.3 Å². The molecule has 0 aliphatic carbocycles. The van der Waals surface area contributed by atoms with Crippen molar-refractivity contribution in [1.82, 2.24) is 4.90 Å². The van der Waals surface area contributed by atoms with E-state index in [9.17, 15) is 0 Å². The minimum Gasteiger partial charge on any atom is -0.326 e. The maximum absolute atomic E-state index is 6.27. The molecule has 0 bridgehead atoms. The summed E-state index contributed by atoms with van der Waals surface area (Å²) in [5.74, 6) is 0. The third-order valence-electron chi connectivity index (χ3n) is 3.29. The zero-order valence-electron chi connectivity index (χ0n) is 9.75. The number of benzene rings is 1. The van der Waals surface area contributed by atoms with Gasteiger partial charge in [-0.2, -0.15) is 0 Å². The second-order valence-corrected chi connectivity index (χ2v) is 4.92. The number of aryl methyl sites for hydroxylation is 1. The largest absolute Gasteiger partial charge is 0.326 e. The molecule has 2 nitrogen and oxygen atoms in total. The van der Waals surface area contributed by atoms with Gasteiger partial charge >= 0.3 is 0 Å². The smallest absolute Gasteiger partial charge is 0.0453 e. The van der Waals surface area contributed by atoms with Gasteiger partial charge in [0.2, 0.25) is 0 Å². The maximum Gasteiger partial charge on any atom is 0.0453 e. The van der Waals surface area contributed by atoms with Crippen LogP contribution in [-0.2, 0) is 13.0 Å². The van der Waals surface area contributed by atoms with Gasteiger partial charge in [0.1, 0.15) is 0 Å². The average molecular weight is 239 g/mol. The second-order valence-electron chi connectivity index (χ2n) is 4.51. The molecule has 2 N–H and O–H groups in total. The van der Waals surface area contributed by atoms with Gasteiger partial charge < -0.3 is 5.73 Å². The Balaban J connectivity index is 2.14. The van der Waals surface area contributed by atoms with E-state index in [1.807, 2.05) is 12.1 Å². The lowest BCUT2D eigenvalue weighted by Gasteiger charge is -2.18. The molecule has 3 heteroatoms. The quantitative estimate of drug-likeness (QED) is 0.877. The van der Waals surface area contributed by atoms with Crippen LogP contribution in [0, 0.1) is 0 Å². The summed E-state index contributed by atoms with van der Waals surface area (Å²) in [5.41, 5.74) is 8.55. The first-order valence-electron chi connectivity index (χ1n) is 5.95. The predicted molar refractivity (Wildman–Crippen MR) is 68.7 cm³/mol. The van der Waals surface area contributed by atoms with Gasteiger partial charge in [0.15, 0.2) is 0 Å². The lowest BCUT2D eigenvalue weighted by molar-refractivity contribution is 0.326. The maximum atomic E-state index is 6.27. The van der Waals surface area contributed by atoms with Gasteiger partial charge in [-0.05, 0) is 30.0 Å². The lowest BCUT2D eigenvalue weighted by atomic mass is 10.0. The molecule has 16 heavy (non-hydrogen) atoms. The highest BCUT2D eigenvalue weighted by Gasteiger charge is 2.20. The first-order chi connectivity index (χ1) is 7.70. The molecule has 0 amide bonds. The van der Waals surface area contributed by atoms with Crippen LogP contribution in [0.2, 0.25) is 5.02 Å². The molecule has 2 rings (SSSR count).